The van der Waals surface area contributed by atoms with Crippen molar-refractivity contribution < 1.29 is 33.8 Å². The Hall–Kier alpha value is -3.74. The molecule has 3 amide bonds. The third-order valence-corrected chi connectivity index (χ3v) is 4.46. The van der Waals surface area contributed by atoms with Gasteiger partial charge in [0.25, 0.3) is 5.91 Å². The summed E-state index contributed by atoms with van der Waals surface area (Å²) in [4.78, 5) is 50.7. The molecule has 0 saturated heterocycles. The lowest BCUT2D eigenvalue weighted by atomic mass is 10.0. The van der Waals surface area contributed by atoms with Crippen molar-refractivity contribution in [1.82, 2.24) is 15.5 Å². The van der Waals surface area contributed by atoms with Crippen LogP contribution in [0.2, 0.25) is 0 Å². The summed E-state index contributed by atoms with van der Waals surface area (Å²) < 4.78 is 10.0. The van der Waals surface area contributed by atoms with Gasteiger partial charge in [0.05, 0.1) is 13.0 Å². The molecule has 3 N–H and O–H groups in total. The Kier molecular flexibility index (Phi) is 10.4. The fourth-order valence-corrected chi connectivity index (χ4v) is 2.90. The highest BCUT2D eigenvalue weighted by Crippen LogP contribution is 2.26. The summed E-state index contributed by atoms with van der Waals surface area (Å²) in [6, 6.07) is 4.17. The molecule has 0 spiro atoms. The summed E-state index contributed by atoms with van der Waals surface area (Å²) in [6.45, 7) is 9.91. The first kappa shape index (κ1) is 28.3. The van der Waals surface area contributed by atoms with Crippen LogP contribution in [0.1, 0.15) is 58.2 Å². The fraction of sp³-hybridized carbons (Fsp3) is 0.500. The number of nitrogens with one attached hydrogen (secondary N) is 2. The highest BCUT2D eigenvalue weighted by Gasteiger charge is 2.34. The van der Waals surface area contributed by atoms with Crippen molar-refractivity contribution in [1.29, 1.82) is 0 Å². The number of amides is 3. The molecular weight excluding hydrogens is 442 g/mol. The number of rotatable bonds is 9. The van der Waals surface area contributed by atoms with Crippen molar-refractivity contribution in [2.24, 2.45) is 0 Å². The first-order valence-corrected chi connectivity index (χ1v) is 10.8. The van der Waals surface area contributed by atoms with Crippen molar-refractivity contribution >= 4 is 23.9 Å². The number of carbonyl (C=O) groups excluding carboxylic acids is 4. The lowest BCUT2D eigenvalue weighted by molar-refractivity contribution is -0.143. The number of phenolic OH excluding ortho intramolecular Hbond substituents is 1. The van der Waals surface area contributed by atoms with Crippen LogP contribution in [0, 0.1) is 19.4 Å². The predicted molar refractivity (Wildman–Crippen MR) is 124 cm³/mol. The monoisotopic (exact) mass is 475 g/mol. The quantitative estimate of drug-likeness (QED) is 0.283. The molecule has 2 atom stereocenters. The van der Waals surface area contributed by atoms with E-state index in [1.54, 1.807) is 34.6 Å². The largest absolute Gasteiger partial charge is 0.508 e. The van der Waals surface area contributed by atoms with Gasteiger partial charge in [-0.15, -0.1) is 0 Å². The molecular formula is C24H33N3O7. The number of hydrogen-bond acceptors (Lipinski definition) is 7. The molecule has 10 heteroatoms. The number of alkyl carbamates (subject to hydrolysis) is 1. The number of aromatic hydroxyl groups is 1. The lowest BCUT2D eigenvalue weighted by Crippen LogP contribution is -2.50. The van der Waals surface area contributed by atoms with E-state index in [2.05, 4.69) is 16.7 Å². The van der Waals surface area contributed by atoms with Crippen molar-refractivity contribution in [2.75, 3.05) is 13.2 Å². The maximum atomic E-state index is 13.1. The minimum Gasteiger partial charge on any atom is -0.508 e. The van der Waals surface area contributed by atoms with E-state index in [1.165, 1.54) is 25.1 Å². The third-order valence-electron chi connectivity index (χ3n) is 4.46. The van der Waals surface area contributed by atoms with E-state index >= 15 is 0 Å². The number of aryl methyl sites for hydroxylation is 1. The van der Waals surface area contributed by atoms with Crippen molar-refractivity contribution in [3.05, 3.63) is 29.3 Å². The van der Waals surface area contributed by atoms with E-state index in [0.717, 1.165) is 4.90 Å². The van der Waals surface area contributed by atoms with Crippen LogP contribution < -0.4 is 10.6 Å². The molecule has 2 unspecified atom stereocenters. The van der Waals surface area contributed by atoms with Gasteiger partial charge >= 0.3 is 12.1 Å². The zero-order valence-corrected chi connectivity index (χ0v) is 20.4. The molecule has 0 aliphatic carbocycles. The fourth-order valence-electron chi connectivity index (χ4n) is 2.90. The van der Waals surface area contributed by atoms with E-state index < -0.39 is 41.6 Å². The van der Waals surface area contributed by atoms with Crippen LogP contribution in [0.25, 0.3) is 0 Å². The highest BCUT2D eigenvalue weighted by molar-refractivity contribution is 5.93. The number of carbonyl (C=O) groups is 4. The molecule has 0 aliphatic rings. The molecule has 0 heterocycles. The maximum Gasteiger partial charge on any atom is 0.408 e. The van der Waals surface area contributed by atoms with Crippen LogP contribution >= 0.6 is 0 Å². The van der Waals surface area contributed by atoms with Crippen LogP contribution in [-0.4, -0.2) is 58.7 Å². The van der Waals surface area contributed by atoms with Gasteiger partial charge in [0, 0.05) is 12.6 Å². The molecule has 0 bridgehead atoms. The third kappa shape index (κ3) is 8.65. The first-order chi connectivity index (χ1) is 15.8. The zero-order chi connectivity index (χ0) is 26.1. The molecule has 10 nitrogen and oxygen atoms in total. The second-order valence-electron chi connectivity index (χ2n) is 8.50. The molecule has 0 radical (unpaired) electrons. The predicted octanol–water partition coefficient (Wildman–Crippen LogP) is 2.14. The van der Waals surface area contributed by atoms with Gasteiger partial charge < -0.3 is 25.2 Å². The average molecular weight is 476 g/mol. The van der Waals surface area contributed by atoms with Gasteiger partial charge in [-0.05, 0) is 64.8 Å². The van der Waals surface area contributed by atoms with Crippen LogP contribution in [0.3, 0.4) is 0 Å². The summed E-state index contributed by atoms with van der Waals surface area (Å²) in [5, 5.41) is 14.9. The number of hydrogen-bond donors (Lipinski definition) is 3. The van der Waals surface area contributed by atoms with Crippen molar-refractivity contribution in [3.63, 3.8) is 0 Å². The maximum absolute atomic E-state index is 13.1. The summed E-state index contributed by atoms with van der Waals surface area (Å²) in [7, 11) is 0. The summed E-state index contributed by atoms with van der Waals surface area (Å²) >= 11 is 0. The molecule has 186 valence electrons. The Morgan fingerprint density at radius 1 is 1.24 bits per heavy atom. The number of ether oxygens (including phenoxy) is 2. The SMILES string of the molecule is C#CN(C(=O)C(C)NC(=O)OC(C)(C)C)C(C(=O)NCCC(=O)OCC)c1ccc(O)c(C)c1. The van der Waals surface area contributed by atoms with Crippen LogP contribution in [0.4, 0.5) is 4.79 Å². The van der Waals surface area contributed by atoms with Gasteiger partial charge in [-0.25, -0.2) is 4.79 Å². The van der Waals surface area contributed by atoms with Gasteiger partial charge in [-0.3, -0.25) is 19.3 Å². The van der Waals surface area contributed by atoms with Crippen LogP contribution in [0.5, 0.6) is 5.75 Å². The van der Waals surface area contributed by atoms with E-state index in [1.807, 2.05) is 0 Å². The lowest BCUT2D eigenvalue weighted by Gasteiger charge is -2.29. The highest BCUT2D eigenvalue weighted by atomic mass is 16.6. The standard InChI is InChI=1S/C24H33N3O7/c1-8-27(22(31)16(4)26-23(32)34-24(5,6)7)20(17-10-11-18(28)15(3)14-17)21(30)25-13-12-19(29)33-9-2/h1,10-11,14,16,20,28H,9,12-13H2,2-7H3,(H,25,30)(H,26,32). The van der Waals surface area contributed by atoms with Crippen molar-refractivity contribution in [2.45, 2.75) is 65.6 Å². The van der Waals surface area contributed by atoms with Gasteiger partial charge in [-0.1, -0.05) is 12.5 Å². The van der Waals surface area contributed by atoms with E-state index in [4.69, 9.17) is 15.9 Å². The minimum atomic E-state index is -1.29. The number of phenols is 1. The number of benzene rings is 1. The Labute approximate surface area is 200 Å². The Bertz CT molecular complexity index is 947. The summed E-state index contributed by atoms with van der Waals surface area (Å²) in [5.74, 6) is -1.86. The summed E-state index contributed by atoms with van der Waals surface area (Å²) in [6.07, 6.45) is 4.73. The minimum absolute atomic E-state index is 0.00349. The summed E-state index contributed by atoms with van der Waals surface area (Å²) in [5.41, 5.74) is 0.0229. The molecule has 0 aromatic heterocycles. The Morgan fingerprint density at radius 3 is 2.41 bits per heavy atom. The number of esters is 1. The van der Waals surface area contributed by atoms with Crippen LogP contribution in [0.15, 0.2) is 18.2 Å². The Morgan fingerprint density at radius 2 is 1.88 bits per heavy atom. The topological polar surface area (TPSA) is 134 Å². The first-order valence-electron chi connectivity index (χ1n) is 10.8. The molecule has 0 fully saturated rings. The van der Waals surface area contributed by atoms with Crippen molar-refractivity contribution in [3.8, 4) is 18.2 Å². The van der Waals surface area contributed by atoms with Gasteiger partial charge in [-0.2, -0.15) is 0 Å². The second-order valence-corrected chi connectivity index (χ2v) is 8.50. The molecule has 1 rings (SSSR count). The van der Waals surface area contributed by atoms with Gasteiger partial charge in [0.15, 0.2) is 0 Å². The zero-order valence-electron chi connectivity index (χ0n) is 20.4. The van der Waals surface area contributed by atoms with E-state index in [-0.39, 0.29) is 25.3 Å². The van der Waals surface area contributed by atoms with Gasteiger partial charge in [0.2, 0.25) is 5.91 Å². The molecule has 0 aliphatic heterocycles. The molecule has 1 aromatic rings. The van der Waals surface area contributed by atoms with E-state index in [9.17, 15) is 24.3 Å². The molecule has 1 aromatic carbocycles. The smallest absolute Gasteiger partial charge is 0.408 e. The number of nitrogens with zero attached hydrogens (tertiary/aromatic N) is 1. The Balaban J connectivity index is 3.16. The second kappa shape index (κ2) is 12.5. The van der Waals surface area contributed by atoms with Crippen LogP contribution in [-0.2, 0) is 23.9 Å². The van der Waals surface area contributed by atoms with Gasteiger partial charge in [0.1, 0.15) is 23.4 Å². The average Bonchev–Trinajstić information content (AvgIpc) is 2.72. The molecule has 0 saturated carbocycles. The molecule has 34 heavy (non-hydrogen) atoms. The van der Waals surface area contributed by atoms with E-state index in [0.29, 0.717) is 11.1 Å². The normalized spacial score (nSPS) is 12.5. The number of terminal acetylenes is 1.